The van der Waals surface area contributed by atoms with Crippen LogP contribution < -0.4 is 14.8 Å². The predicted molar refractivity (Wildman–Crippen MR) is 139 cm³/mol. The molecule has 6 nitrogen and oxygen atoms in total. The van der Waals surface area contributed by atoms with Gasteiger partial charge in [-0.15, -0.1) is 0 Å². The number of allylic oxidation sites excluding steroid dienone is 2. The van der Waals surface area contributed by atoms with E-state index in [-0.39, 0.29) is 0 Å². The first kappa shape index (κ1) is 23.6. The van der Waals surface area contributed by atoms with E-state index in [2.05, 4.69) is 33.2 Å². The van der Waals surface area contributed by atoms with Crippen LogP contribution in [0.4, 0.5) is 11.5 Å². The molecule has 1 fully saturated rings. The van der Waals surface area contributed by atoms with Crippen molar-refractivity contribution < 1.29 is 8.95 Å². The minimum atomic E-state index is -1.03. The Hall–Kier alpha value is -3.55. The molecule has 34 heavy (non-hydrogen) atoms. The van der Waals surface area contributed by atoms with Gasteiger partial charge >= 0.3 is 0 Å². The Morgan fingerprint density at radius 3 is 2.65 bits per heavy atom. The van der Waals surface area contributed by atoms with Crippen molar-refractivity contribution in [2.45, 2.75) is 24.6 Å². The molecule has 0 amide bonds. The van der Waals surface area contributed by atoms with E-state index >= 15 is 0 Å². The van der Waals surface area contributed by atoms with E-state index < -0.39 is 11.0 Å². The Kier molecular flexibility index (Phi) is 8.01. The van der Waals surface area contributed by atoms with E-state index in [0.29, 0.717) is 24.2 Å². The van der Waals surface area contributed by atoms with Gasteiger partial charge < -0.3 is 10.1 Å². The van der Waals surface area contributed by atoms with Gasteiger partial charge in [-0.05, 0) is 48.2 Å². The van der Waals surface area contributed by atoms with Crippen molar-refractivity contribution in [2.75, 3.05) is 11.9 Å². The minimum absolute atomic E-state index is 0.385. The molecule has 1 aliphatic carbocycles. The van der Waals surface area contributed by atoms with Crippen LogP contribution in [0.25, 0.3) is 11.3 Å². The summed E-state index contributed by atoms with van der Waals surface area (Å²) >= 11 is 0. The van der Waals surface area contributed by atoms with Crippen LogP contribution in [-0.2, 0) is 16.7 Å². The Labute approximate surface area is 203 Å². The molecule has 3 aromatic rings. The normalized spacial score (nSPS) is 14.3. The summed E-state index contributed by atoms with van der Waals surface area (Å²) in [6, 6.07) is 18.0. The lowest BCUT2D eigenvalue weighted by Gasteiger charge is -2.12. The lowest BCUT2D eigenvalue weighted by molar-refractivity contribution is 0.357. The summed E-state index contributed by atoms with van der Waals surface area (Å²) in [4.78, 5) is 8.81. The third kappa shape index (κ3) is 6.73. The first-order valence-corrected chi connectivity index (χ1v) is 12.5. The van der Waals surface area contributed by atoms with Crippen molar-refractivity contribution in [2.24, 2.45) is 0 Å². The van der Waals surface area contributed by atoms with Gasteiger partial charge in [-0.3, -0.25) is 0 Å². The highest BCUT2D eigenvalue weighted by molar-refractivity contribution is 7.82. The van der Waals surface area contributed by atoms with Gasteiger partial charge in [-0.1, -0.05) is 55.7 Å². The molecule has 0 bridgehead atoms. The molecule has 1 unspecified atom stereocenters. The number of hydrogen-bond donors (Lipinski definition) is 2. The molecule has 2 aromatic carbocycles. The quantitative estimate of drug-likeness (QED) is 0.341. The van der Waals surface area contributed by atoms with E-state index in [9.17, 15) is 4.21 Å². The summed E-state index contributed by atoms with van der Waals surface area (Å²) in [5.74, 6) is 1.90. The number of ether oxygens (including phenoxy) is 1. The van der Waals surface area contributed by atoms with Crippen molar-refractivity contribution >= 4 is 22.5 Å². The fourth-order valence-corrected chi connectivity index (χ4v) is 4.46. The van der Waals surface area contributed by atoms with Crippen LogP contribution in [0.2, 0.25) is 0 Å². The Morgan fingerprint density at radius 2 is 1.91 bits per heavy atom. The van der Waals surface area contributed by atoms with Gasteiger partial charge in [-0.25, -0.2) is 18.9 Å². The number of nitrogens with one attached hydrogen (secondary N) is 2. The second-order valence-electron chi connectivity index (χ2n) is 7.96. The fraction of sp³-hybridized carbons (Fsp3) is 0.185. The number of anilines is 2. The smallest absolute Gasteiger partial charge is 0.134 e. The average molecular weight is 473 g/mol. The number of nitrogens with zero attached hydrogens (tertiary/aromatic N) is 2. The van der Waals surface area contributed by atoms with Crippen molar-refractivity contribution in [1.29, 1.82) is 0 Å². The molecular weight excluding hydrogens is 444 g/mol. The molecular formula is C27H28N4O2S. The topological polar surface area (TPSA) is 76.1 Å². The van der Waals surface area contributed by atoms with Gasteiger partial charge in [-0.2, -0.15) is 0 Å². The monoisotopic (exact) mass is 472 g/mol. The van der Waals surface area contributed by atoms with Gasteiger partial charge in [0.1, 0.15) is 24.5 Å². The van der Waals surface area contributed by atoms with Crippen LogP contribution >= 0.6 is 0 Å². The third-order valence-electron chi connectivity index (χ3n) is 5.22. The van der Waals surface area contributed by atoms with Crippen LogP contribution in [0.5, 0.6) is 5.75 Å². The van der Waals surface area contributed by atoms with E-state index in [1.54, 1.807) is 12.2 Å². The maximum atomic E-state index is 12.1. The fourth-order valence-electron chi connectivity index (χ4n) is 3.28. The summed E-state index contributed by atoms with van der Waals surface area (Å²) in [5, 5.41) is 3.32. The number of hydrogen-bond acceptors (Lipinski definition) is 5. The molecule has 0 saturated heterocycles. The largest absolute Gasteiger partial charge is 0.488 e. The summed E-state index contributed by atoms with van der Waals surface area (Å²) in [6.45, 7) is 7.92. The molecule has 0 radical (unpaired) electrons. The zero-order valence-electron chi connectivity index (χ0n) is 18.9. The first-order valence-electron chi connectivity index (χ1n) is 11.1. The van der Waals surface area contributed by atoms with E-state index in [1.807, 2.05) is 60.7 Å². The Balaban J connectivity index is 1.44. The molecule has 4 rings (SSSR count). The Bertz CT molecular complexity index is 1200. The van der Waals surface area contributed by atoms with Crippen LogP contribution in [0.3, 0.4) is 0 Å². The number of rotatable bonds is 12. The summed E-state index contributed by atoms with van der Waals surface area (Å²) in [6.07, 6.45) is 9.11. The Morgan fingerprint density at radius 1 is 1.12 bits per heavy atom. The van der Waals surface area contributed by atoms with E-state index in [1.165, 1.54) is 6.33 Å². The van der Waals surface area contributed by atoms with Gasteiger partial charge in [0.2, 0.25) is 0 Å². The molecule has 1 heterocycles. The van der Waals surface area contributed by atoms with Gasteiger partial charge in [0.25, 0.3) is 0 Å². The van der Waals surface area contributed by atoms with Crippen molar-refractivity contribution in [3.05, 3.63) is 103 Å². The van der Waals surface area contributed by atoms with Gasteiger partial charge in [0.15, 0.2) is 0 Å². The van der Waals surface area contributed by atoms with E-state index in [4.69, 9.17) is 4.74 Å². The predicted octanol–water partition coefficient (Wildman–Crippen LogP) is 5.48. The van der Waals surface area contributed by atoms with Crippen molar-refractivity contribution in [3.8, 4) is 17.0 Å². The molecule has 0 spiro atoms. The highest BCUT2D eigenvalue weighted by Crippen LogP contribution is 2.30. The maximum absolute atomic E-state index is 12.1. The second-order valence-corrected chi connectivity index (χ2v) is 9.17. The lowest BCUT2D eigenvalue weighted by Crippen LogP contribution is -2.20. The van der Waals surface area contributed by atoms with Gasteiger partial charge in [0, 0.05) is 23.4 Å². The van der Waals surface area contributed by atoms with Crippen LogP contribution in [-0.4, -0.2) is 26.8 Å². The van der Waals surface area contributed by atoms with Crippen LogP contribution in [0.1, 0.15) is 18.4 Å². The summed E-state index contributed by atoms with van der Waals surface area (Å²) in [7, 11) is -1.03. The number of para-hydroxylation sites is 1. The summed E-state index contributed by atoms with van der Waals surface area (Å²) < 4.78 is 21.3. The highest BCUT2D eigenvalue weighted by atomic mass is 32.2. The summed E-state index contributed by atoms with van der Waals surface area (Å²) in [5.41, 5.74) is 4.47. The first-order chi connectivity index (χ1) is 16.6. The average Bonchev–Trinajstić information content (AvgIpc) is 3.67. The second kappa shape index (κ2) is 11.5. The zero-order chi connectivity index (χ0) is 23.8. The molecule has 1 atom stereocenters. The van der Waals surface area contributed by atoms with E-state index in [0.717, 1.165) is 46.7 Å². The molecule has 2 N–H and O–H groups in total. The minimum Gasteiger partial charge on any atom is -0.488 e. The molecule has 1 saturated carbocycles. The molecule has 0 aliphatic heterocycles. The lowest BCUT2D eigenvalue weighted by atomic mass is 10.1. The van der Waals surface area contributed by atoms with Crippen LogP contribution in [0.15, 0.2) is 97.9 Å². The zero-order valence-corrected chi connectivity index (χ0v) is 19.8. The molecule has 7 heteroatoms. The van der Waals surface area contributed by atoms with Crippen LogP contribution in [0, 0.1) is 0 Å². The van der Waals surface area contributed by atoms with Crippen molar-refractivity contribution in [1.82, 2.24) is 14.7 Å². The number of benzene rings is 2. The maximum Gasteiger partial charge on any atom is 0.134 e. The van der Waals surface area contributed by atoms with Gasteiger partial charge in [0.05, 0.1) is 22.4 Å². The van der Waals surface area contributed by atoms with Crippen molar-refractivity contribution in [3.63, 3.8) is 0 Å². The number of aromatic nitrogens is 2. The molecule has 1 aliphatic rings. The third-order valence-corrected chi connectivity index (χ3v) is 6.41. The molecule has 1 aromatic heterocycles. The standard InChI is InChI=1S/C27H28N4O2S/c1-3-7-20(4-2)17-33-26-9-6-5-8-24(26)25-16-27(29-19-28-25)30-22-12-10-21(11-13-22)18-34(32)31-23-14-15-23/h3-13,16,19,23,31H,1-2,14-15,17-18H2,(H,28,29,30)/b20-7+. The molecule has 174 valence electrons. The SMILES string of the molecule is C=C/C=C(\C=C)COc1ccccc1-c1cc(Nc2ccc(CS(=O)NC3CC3)cc2)ncn1. The highest BCUT2D eigenvalue weighted by Gasteiger charge is 2.22.